The Kier molecular flexibility index (Phi) is 4.24. The largest absolute Gasteiger partial charge is 0.323 e. The van der Waals surface area contributed by atoms with E-state index in [1.165, 1.54) is 29.7 Å². The van der Waals surface area contributed by atoms with E-state index in [1.54, 1.807) is 0 Å². The summed E-state index contributed by atoms with van der Waals surface area (Å²) < 4.78 is 0. The third kappa shape index (κ3) is 3.55. The van der Waals surface area contributed by atoms with Gasteiger partial charge < -0.3 is 5.32 Å². The molecular weight excluding hydrogens is 382 g/mol. The quantitative estimate of drug-likeness (QED) is 0.361. The zero-order valence-electron chi connectivity index (χ0n) is 16.9. The molecule has 150 valence electrons. The number of H-pyrrole nitrogens is 1. The zero-order chi connectivity index (χ0) is 20.6. The van der Waals surface area contributed by atoms with Crippen LogP contribution in [-0.4, -0.2) is 20.2 Å². The minimum atomic E-state index is 0.629. The van der Waals surface area contributed by atoms with Crippen molar-refractivity contribution in [2.45, 2.75) is 18.8 Å². The van der Waals surface area contributed by atoms with E-state index in [4.69, 9.17) is 9.97 Å². The molecule has 1 aliphatic carbocycles. The molecule has 0 aliphatic heterocycles. The van der Waals surface area contributed by atoms with Crippen LogP contribution in [0.3, 0.4) is 0 Å². The molecular formula is C26H21N5. The molecule has 31 heavy (non-hydrogen) atoms. The number of nitrogens with one attached hydrogen (secondary N) is 2. The third-order valence-corrected chi connectivity index (χ3v) is 5.71. The van der Waals surface area contributed by atoms with Crippen LogP contribution in [0.2, 0.25) is 0 Å². The molecule has 2 N–H and O–H groups in total. The highest BCUT2D eigenvalue weighted by atomic mass is 15.2. The minimum absolute atomic E-state index is 0.629. The first kappa shape index (κ1) is 17.8. The lowest BCUT2D eigenvalue weighted by atomic mass is 10.0. The average Bonchev–Trinajstić information content (AvgIpc) is 3.58. The van der Waals surface area contributed by atoms with Crippen molar-refractivity contribution < 1.29 is 0 Å². The number of nitrogens with zero attached hydrogens (tertiary/aromatic N) is 3. The monoisotopic (exact) mass is 403 g/mol. The first-order valence-electron chi connectivity index (χ1n) is 10.6. The summed E-state index contributed by atoms with van der Waals surface area (Å²) in [5, 5.41) is 12.0. The highest BCUT2D eigenvalue weighted by molar-refractivity contribution is 5.92. The number of aromatic nitrogens is 4. The smallest absolute Gasteiger partial charge is 0.162 e. The molecule has 0 saturated heterocycles. The zero-order valence-corrected chi connectivity index (χ0v) is 16.9. The summed E-state index contributed by atoms with van der Waals surface area (Å²) in [7, 11) is 0. The maximum atomic E-state index is 4.86. The van der Waals surface area contributed by atoms with Crippen LogP contribution in [0.4, 0.5) is 11.6 Å². The van der Waals surface area contributed by atoms with E-state index in [2.05, 4.69) is 70.1 Å². The normalized spacial score (nSPS) is 13.4. The first-order valence-corrected chi connectivity index (χ1v) is 10.6. The van der Waals surface area contributed by atoms with Gasteiger partial charge in [-0.3, -0.25) is 5.10 Å². The summed E-state index contributed by atoms with van der Waals surface area (Å²) in [6.45, 7) is 0. The van der Waals surface area contributed by atoms with Crippen molar-refractivity contribution in [2.75, 3.05) is 5.32 Å². The van der Waals surface area contributed by atoms with Crippen molar-refractivity contribution in [3.8, 4) is 22.5 Å². The van der Waals surface area contributed by atoms with E-state index in [0.29, 0.717) is 11.7 Å². The summed E-state index contributed by atoms with van der Waals surface area (Å²) in [5.41, 5.74) is 5.44. The Morgan fingerprint density at radius 1 is 0.742 bits per heavy atom. The van der Waals surface area contributed by atoms with Gasteiger partial charge in [0.25, 0.3) is 0 Å². The Labute approximate surface area is 180 Å². The van der Waals surface area contributed by atoms with Gasteiger partial charge in [-0.25, -0.2) is 9.97 Å². The minimum Gasteiger partial charge on any atom is -0.323 e. The fraction of sp³-hybridized carbons (Fsp3) is 0.115. The number of hydrogen-bond acceptors (Lipinski definition) is 4. The molecule has 5 heteroatoms. The number of fused-ring (bicyclic) bond motifs is 1. The number of benzene rings is 3. The van der Waals surface area contributed by atoms with Gasteiger partial charge in [0.15, 0.2) is 11.6 Å². The highest BCUT2D eigenvalue weighted by Crippen LogP contribution is 2.40. The van der Waals surface area contributed by atoms with Gasteiger partial charge in [-0.2, -0.15) is 5.10 Å². The topological polar surface area (TPSA) is 66.5 Å². The Morgan fingerprint density at radius 3 is 2.26 bits per heavy atom. The molecule has 2 aromatic heterocycles. The maximum absolute atomic E-state index is 4.86. The lowest BCUT2D eigenvalue weighted by molar-refractivity contribution is 0.966. The first-order chi connectivity index (χ1) is 15.3. The molecule has 0 spiro atoms. The molecule has 0 unspecified atom stereocenters. The third-order valence-electron chi connectivity index (χ3n) is 5.71. The standard InChI is InChI=1S/C26H21N5/c1-2-6-17(7-3-1)18-10-14-20(15-11-18)25-27-22-9-5-4-8-21(22)26(29-25)28-24-16-23(30-31-24)19-12-13-19/h1-11,14-16,19H,12-13H2,(H2,27,28,29,30,31). The van der Waals surface area contributed by atoms with Gasteiger partial charge in [0.2, 0.25) is 0 Å². The lowest BCUT2D eigenvalue weighted by Gasteiger charge is -2.10. The number of para-hydroxylation sites is 1. The molecule has 0 radical (unpaired) electrons. The summed E-state index contributed by atoms with van der Waals surface area (Å²) in [5.74, 6) is 2.88. The fourth-order valence-electron chi connectivity index (χ4n) is 3.87. The molecule has 0 bridgehead atoms. The van der Waals surface area contributed by atoms with Crippen LogP contribution in [0.15, 0.2) is 84.9 Å². The van der Waals surface area contributed by atoms with E-state index >= 15 is 0 Å². The molecule has 5 nitrogen and oxygen atoms in total. The predicted molar refractivity (Wildman–Crippen MR) is 124 cm³/mol. The second kappa shape index (κ2) is 7.36. The molecule has 1 fully saturated rings. The number of aromatic amines is 1. The van der Waals surface area contributed by atoms with Crippen LogP contribution >= 0.6 is 0 Å². The lowest BCUT2D eigenvalue weighted by Crippen LogP contribution is -1.99. The van der Waals surface area contributed by atoms with Gasteiger partial charge >= 0.3 is 0 Å². The summed E-state index contributed by atoms with van der Waals surface area (Å²) in [6.07, 6.45) is 2.47. The Balaban J connectivity index is 1.37. The van der Waals surface area contributed by atoms with Crippen LogP contribution in [0, 0.1) is 0 Å². The van der Waals surface area contributed by atoms with Crippen molar-refractivity contribution in [3.05, 3.63) is 90.6 Å². The summed E-state index contributed by atoms with van der Waals surface area (Å²) in [4.78, 5) is 9.68. The Bertz CT molecular complexity index is 1350. The second-order valence-electron chi connectivity index (χ2n) is 7.96. The Morgan fingerprint density at radius 2 is 1.45 bits per heavy atom. The van der Waals surface area contributed by atoms with E-state index in [9.17, 15) is 0 Å². The molecule has 0 atom stereocenters. The van der Waals surface area contributed by atoms with Crippen molar-refractivity contribution >= 4 is 22.5 Å². The summed E-state index contributed by atoms with van der Waals surface area (Å²) in [6, 6.07) is 28.9. The number of anilines is 2. The van der Waals surface area contributed by atoms with Crippen LogP contribution in [0.5, 0.6) is 0 Å². The molecule has 3 aromatic carbocycles. The average molecular weight is 403 g/mol. The second-order valence-corrected chi connectivity index (χ2v) is 7.96. The molecule has 5 aromatic rings. The predicted octanol–water partition coefficient (Wildman–Crippen LogP) is 6.31. The van der Waals surface area contributed by atoms with Crippen molar-refractivity contribution in [2.24, 2.45) is 0 Å². The van der Waals surface area contributed by atoms with Crippen LogP contribution < -0.4 is 5.32 Å². The number of rotatable bonds is 5. The van der Waals surface area contributed by atoms with Gasteiger partial charge in [-0.05, 0) is 36.1 Å². The maximum Gasteiger partial charge on any atom is 0.162 e. The van der Waals surface area contributed by atoms with Gasteiger partial charge in [-0.15, -0.1) is 0 Å². The van der Waals surface area contributed by atoms with Gasteiger partial charge in [-0.1, -0.05) is 66.7 Å². The van der Waals surface area contributed by atoms with Crippen LogP contribution in [0.1, 0.15) is 24.5 Å². The van der Waals surface area contributed by atoms with Gasteiger partial charge in [0, 0.05) is 28.6 Å². The molecule has 6 rings (SSSR count). The molecule has 1 saturated carbocycles. The van der Waals surface area contributed by atoms with Crippen molar-refractivity contribution in [1.82, 2.24) is 20.2 Å². The van der Waals surface area contributed by atoms with Crippen LogP contribution in [0.25, 0.3) is 33.4 Å². The highest BCUT2D eigenvalue weighted by Gasteiger charge is 2.25. The Hall–Kier alpha value is -3.99. The molecule has 2 heterocycles. The van der Waals surface area contributed by atoms with E-state index in [1.807, 2.05) is 30.3 Å². The number of hydrogen-bond donors (Lipinski definition) is 2. The van der Waals surface area contributed by atoms with Gasteiger partial charge in [0.05, 0.1) is 5.52 Å². The van der Waals surface area contributed by atoms with Crippen molar-refractivity contribution in [3.63, 3.8) is 0 Å². The molecule has 1 aliphatic rings. The van der Waals surface area contributed by atoms with E-state index in [-0.39, 0.29) is 0 Å². The van der Waals surface area contributed by atoms with E-state index in [0.717, 1.165) is 28.1 Å². The fourth-order valence-corrected chi connectivity index (χ4v) is 3.87. The summed E-state index contributed by atoms with van der Waals surface area (Å²) >= 11 is 0. The van der Waals surface area contributed by atoms with Crippen molar-refractivity contribution in [1.29, 1.82) is 0 Å². The van der Waals surface area contributed by atoms with E-state index < -0.39 is 0 Å². The molecule has 0 amide bonds. The SMILES string of the molecule is c1ccc(-c2ccc(-c3nc(Nc4cc(C5CC5)[nH]n4)c4ccccc4n3)cc2)cc1. The van der Waals surface area contributed by atoms with Gasteiger partial charge in [0.1, 0.15) is 5.82 Å². The van der Waals surface area contributed by atoms with Crippen LogP contribution in [-0.2, 0) is 0 Å².